The van der Waals surface area contributed by atoms with Crippen LogP contribution in [0.15, 0.2) is 48.5 Å². The molecule has 0 aromatic heterocycles. The second kappa shape index (κ2) is 4.05. The lowest BCUT2D eigenvalue weighted by Gasteiger charge is -2.32. The third kappa shape index (κ3) is 1.51. The van der Waals surface area contributed by atoms with Gasteiger partial charge in [0.2, 0.25) is 0 Å². The molecule has 4 nitrogen and oxygen atoms in total. The van der Waals surface area contributed by atoms with Crippen LogP contribution < -0.4 is 0 Å². The average Bonchev–Trinajstić information content (AvgIpc) is 3.21. The van der Waals surface area contributed by atoms with Crippen molar-refractivity contribution in [2.75, 3.05) is 12.5 Å². The summed E-state index contributed by atoms with van der Waals surface area (Å²) in [4.78, 5) is 0. The number of hydrogen-bond acceptors (Lipinski definition) is 4. The van der Waals surface area contributed by atoms with Crippen molar-refractivity contribution in [1.29, 1.82) is 0 Å². The minimum absolute atomic E-state index is 0.0890. The zero-order valence-corrected chi connectivity index (χ0v) is 14.4. The van der Waals surface area contributed by atoms with E-state index in [1.54, 1.807) is 24.3 Å². The maximum Gasteiger partial charge on any atom is 0.159 e. The molecule has 0 saturated heterocycles. The third-order valence-electron chi connectivity index (χ3n) is 5.31. The minimum Gasteiger partial charge on any atom is -0.228 e. The highest BCUT2D eigenvalue weighted by Crippen LogP contribution is 2.75. The Morgan fingerprint density at radius 2 is 1.04 bits per heavy atom. The Balaban J connectivity index is 2.24. The molecule has 1 fully saturated rings. The Kier molecular flexibility index (Phi) is 2.62. The highest BCUT2D eigenvalue weighted by Gasteiger charge is 2.82. The van der Waals surface area contributed by atoms with E-state index in [4.69, 9.17) is 0 Å². The van der Waals surface area contributed by atoms with Crippen molar-refractivity contribution >= 4 is 19.7 Å². The van der Waals surface area contributed by atoms with E-state index in [0.717, 1.165) is 23.6 Å². The lowest BCUT2D eigenvalue weighted by Crippen LogP contribution is -2.38. The number of hydrogen-bond donors (Lipinski definition) is 0. The summed E-state index contributed by atoms with van der Waals surface area (Å²) in [6.45, 7) is 0. The molecular formula is C17H16O4S2. The van der Waals surface area contributed by atoms with Crippen LogP contribution in [0, 0.1) is 0 Å². The van der Waals surface area contributed by atoms with Crippen molar-refractivity contribution in [3.63, 3.8) is 0 Å². The van der Waals surface area contributed by atoms with Crippen molar-refractivity contribution in [3.8, 4) is 11.1 Å². The van der Waals surface area contributed by atoms with E-state index in [1.807, 2.05) is 24.3 Å². The largest absolute Gasteiger partial charge is 0.228 e. The Morgan fingerprint density at radius 3 is 1.39 bits per heavy atom. The minimum atomic E-state index is -3.63. The van der Waals surface area contributed by atoms with Crippen molar-refractivity contribution in [3.05, 3.63) is 59.7 Å². The fraction of sp³-hybridized carbons (Fsp3) is 0.294. The van der Waals surface area contributed by atoms with Crippen LogP contribution in [0.2, 0.25) is 0 Å². The molecule has 0 N–H and O–H groups in total. The van der Waals surface area contributed by atoms with Gasteiger partial charge in [-0.15, -0.1) is 0 Å². The van der Waals surface area contributed by atoms with Crippen LogP contribution in [0.3, 0.4) is 0 Å². The van der Waals surface area contributed by atoms with E-state index >= 15 is 0 Å². The molecule has 0 radical (unpaired) electrons. The molecular weight excluding hydrogens is 332 g/mol. The average molecular weight is 348 g/mol. The maximum absolute atomic E-state index is 12.7. The highest BCUT2D eigenvalue weighted by atomic mass is 32.2. The van der Waals surface area contributed by atoms with Gasteiger partial charge in [-0.1, -0.05) is 48.5 Å². The molecule has 2 aromatic carbocycles. The van der Waals surface area contributed by atoms with Gasteiger partial charge in [-0.2, -0.15) is 0 Å². The predicted octanol–water partition coefficient (Wildman–Crippen LogP) is 2.25. The monoisotopic (exact) mass is 348 g/mol. The van der Waals surface area contributed by atoms with Gasteiger partial charge < -0.3 is 0 Å². The van der Waals surface area contributed by atoms with Gasteiger partial charge in [-0.05, 0) is 28.7 Å². The van der Waals surface area contributed by atoms with Crippen molar-refractivity contribution in [2.24, 2.45) is 0 Å². The lowest BCUT2D eigenvalue weighted by atomic mass is 9.85. The van der Waals surface area contributed by atoms with Gasteiger partial charge >= 0.3 is 0 Å². The molecule has 4 rings (SSSR count). The molecule has 2 aliphatic rings. The first-order chi connectivity index (χ1) is 10.7. The van der Waals surface area contributed by atoms with E-state index in [1.165, 1.54) is 0 Å². The van der Waals surface area contributed by atoms with Crippen LogP contribution >= 0.6 is 0 Å². The molecule has 2 aromatic rings. The fourth-order valence-corrected chi connectivity index (χ4v) is 8.86. The highest BCUT2D eigenvalue weighted by molar-refractivity contribution is 7.96. The van der Waals surface area contributed by atoms with Crippen LogP contribution in [-0.4, -0.2) is 29.3 Å². The van der Waals surface area contributed by atoms with Crippen LogP contribution in [0.4, 0.5) is 0 Å². The molecule has 1 saturated carbocycles. The quantitative estimate of drug-likeness (QED) is 0.835. The maximum atomic E-state index is 12.7. The second-order valence-corrected chi connectivity index (χ2v) is 10.9. The summed E-state index contributed by atoms with van der Waals surface area (Å²) in [5.74, 6) is 0. The summed E-state index contributed by atoms with van der Waals surface area (Å²) in [6, 6.07) is 14.5. The zero-order valence-electron chi connectivity index (χ0n) is 12.8. The summed E-state index contributed by atoms with van der Waals surface area (Å²) in [5.41, 5.74) is 2.83. The Labute approximate surface area is 136 Å². The lowest BCUT2D eigenvalue weighted by molar-refractivity contribution is 0.562. The molecule has 0 aliphatic heterocycles. The third-order valence-corrected chi connectivity index (χ3v) is 9.39. The fourth-order valence-electron chi connectivity index (χ4n) is 4.33. The van der Waals surface area contributed by atoms with Crippen LogP contribution in [-0.2, 0) is 29.2 Å². The molecule has 120 valence electrons. The number of rotatable bonds is 2. The second-order valence-electron chi connectivity index (χ2n) is 6.47. The Hall–Kier alpha value is -1.66. The standard InChI is InChI=1S/C17H16O4S2/c1-22(18,19)16-11-17(16,23(2,20)21)15-10-6-4-8-13(15)12-7-3-5-9-14(12)16/h3-10H,11H2,1-2H3/t16-,17+. The normalized spacial score (nSPS) is 28.4. The van der Waals surface area contributed by atoms with Gasteiger partial charge in [0.15, 0.2) is 19.7 Å². The summed E-state index contributed by atoms with van der Waals surface area (Å²) < 4.78 is 48.1. The van der Waals surface area contributed by atoms with E-state index < -0.39 is 29.2 Å². The topological polar surface area (TPSA) is 68.3 Å². The van der Waals surface area contributed by atoms with Gasteiger partial charge in [-0.25, -0.2) is 16.8 Å². The van der Waals surface area contributed by atoms with Gasteiger partial charge in [0.1, 0.15) is 9.49 Å². The van der Waals surface area contributed by atoms with Crippen LogP contribution in [0.5, 0.6) is 0 Å². The Morgan fingerprint density at radius 1 is 0.696 bits per heavy atom. The summed E-state index contributed by atoms with van der Waals surface area (Å²) in [7, 11) is -7.26. The first-order valence-corrected chi connectivity index (χ1v) is 11.0. The van der Waals surface area contributed by atoms with Crippen molar-refractivity contribution in [1.82, 2.24) is 0 Å². The molecule has 0 unspecified atom stereocenters. The first kappa shape index (κ1) is 14.9. The van der Waals surface area contributed by atoms with Gasteiger partial charge in [0.25, 0.3) is 0 Å². The van der Waals surface area contributed by atoms with E-state index in [0.29, 0.717) is 11.1 Å². The van der Waals surface area contributed by atoms with Crippen LogP contribution in [0.1, 0.15) is 17.5 Å². The molecule has 6 heteroatoms. The van der Waals surface area contributed by atoms with E-state index in [9.17, 15) is 16.8 Å². The SMILES string of the molecule is CS(=O)(=O)[C@]12C[C@@]1(S(C)(=O)=O)c1ccccc1-c1ccccc12. The molecule has 23 heavy (non-hydrogen) atoms. The number of benzene rings is 2. The molecule has 2 atom stereocenters. The van der Waals surface area contributed by atoms with Gasteiger partial charge in [0.05, 0.1) is 0 Å². The summed E-state index contributed by atoms with van der Waals surface area (Å²) in [6.07, 6.45) is 2.38. The van der Waals surface area contributed by atoms with Crippen molar-refractivity contribution in [2.45, 2.75) is 15.9 Å². The van der Waals surface area contributed by atoms with Gasteiger partial charge in [0, 0.05) is 12.5 Å². The summed E-state index contributed by atoms with van der Waals surface area (Å²) in [5, 5.41) is 0. The molecule has 2 aliphatic carbocycles. The Bertz CT molecular complexity index is 968. The van der Waals surface area contributed by atoms with Crippen molar-refractivity contribution < 1.29 is 16.8 Å². The molecule has 0 bridgehead atoms. The number of fused-ring (bicyclic) bond motifs is 6. The summed E-state index contributed by atoms with van der Waals surface area (Å²) >= 11 is 0. The van der Waals surface area contributed by atoms with Gasteiger partial charge in [-0.3, -0.25) is 0 Å². The van der Waals surface area contributed by atoms with E-state index in [-0.39, 0.29) is 6.42 Å². The zero-order chi connectivity index (χ0) is 16.7. The molecule has 0 amide bonds. The van der Waals surface area contributed by atoms with E-state index in [2.05, 4.69) is 0 Å². The molecule has 0 spiro atoms. The predicted molar refractivity (Wildman–Crippen MR) is 89.5 cm³/mol. The molecule has 0 heterocycles. The van der Waals surface area contributed by atoms with Crippen LogP contribution in [0.25, 0.3) is 11.1 Å². The first-order valence-electron chi connectivity index (χ1n) is 7.25. The number of sulfone groups is 2. The smallest absolute Gasteiger partial charge is 0.159 e.